The number of aromatic nitrogens is 1. The Labute approximate surface area is 115 Å². The maximum Gasteiger partial charge on any atom is 0.348 e. The van der Waals surface area contributed by atoms with Crippen molar-refractivity contribution in [3.05, 3.63) is 21.7 Å². The molecule has 3 rings (SSSR count). The highest BCUT2D eigenvalue weighted by Gasteiger charge is 2.24. The number of fused-ring (bicyclic) bond motifs is 3. The van der Waals surface area contributed by atoms with Crippen LogP contribution in [0.1, 0.15) is 46.3 Å². The first-order chi connectivity index (χ1) is 9.13. The average molecular weight is 276 g/mol. The second kappa shape index (κ2) is 4.49. The fraction of sp³-hybridized carbons (Fsp3) is 0.429. The van der Waals surface area contributed by atoms with Gasteiger partial charge in [0.05, 0.1) is 5.69 Å². The van der Waals surface area contributed by atoms with Crippen LogP contribution < -0.4 is 5.73 Å². The van der Waals surface area contributed by atoms with Gasteiger partial charge in [0.15, 0.2) is 0 Å². The number of pyridine rings is 1. The first-order valence-corrected chi connectivity index (χ1v) is 7.41. The highest BCUT2D eigenvalue weighted by Crippen LogP contribution is 2.39. The number of nitrogen functional groups attached to an aromatic ring is 1. The largest absolute Gasteiger partial charge is 0.477 e. The van der Waals surface area contributed by atoms with Gasteiger partial charge in [0.1, 0.15) is 9.71 Å². The second-order valence-electron chi connectivity index (χ2n) is 4.91. The highest BCUT2D eigenvalue weighted by atomic mass is 32.1. The van der Waals surface area contributed by atoms with Crippen molar-refractivity contribution in [3.63, 3.8) is 0 Å². The van der Waals surface area contributed by atoms with E-state index in [0.717, 1.165) is 41.6 Å². The molecule has 0 saturated carbocycles. The van der Waals surface area contributed by atoms with Crippen LogP contribution in [0.5, 0.6) is 0 Å². The molecule has 0 amide bonds. The molecule has 2 heterocycles. The van der Waals surface area contributed by atoms with E-state index in [1.807, 2.05) is 0 Å². The third kappa shape index (κ3) is 1.80. The van der Waals surface area contributed by atoms with Crippen LogP contribution in [0, 0.1) is 0 Å². The SMILES string of the molecule is CCc1nc2sc(C(=O)O)c(N)c2c2c1CCCC2. The molecule has 0 unspecified atom stereocenters. The summed E-state index contributed by atoms with van der Waals surface area (Å²) < 4.78 is 0. The number of anilines is 1. The third-order valence-corrected chi connectivity index (χ3v) is 4.90. The number of hydrogen-bond acceptors (Lipinski definition) is 4. The number of aromatic carboxylic acids is 1. The first kappa shape index (κ1) is 12.4. The van der Waals surface area contributed by atoms with E-state index in [1.54, 1.807) is 0 Å². The van der Waals surface area contributed by atoms with Crippen molar-refractivity contribution < 1.29 is 9.90 Å². The van der Waals surface area contributed by atoms with Crippen molar-refractivity contribution in [2.75, 3.05) is 5.73 Å². The summed E-state index contributed by atoms with van der Waals surface area (Å²) in [6.07, 6.45) is 5.24. The number of thiophene rings is 1. The predicted octanol–water partition coefficient (Wildman–Crippen LogP) is 3.02. The Morgan fingerprint density at radius 1 is 1.37 bits per heavy atom. The van der Waals surface area contributed by atoms with Gasteiger partial charge in [-0.2, -0.15) is 0 Å². The summed E-state index contributed by atoms with van der Waals surface area (Å²) in [6.45, 7) is 2.10. The number of nitrogens with two attached hydrogens (primary N) is 1. The lowest BCUT2D eigenvalue weighted by Crippen LogP contribution is -2.09. The van der Waals surface area contributed by atoms with Crippen LogP contribution in [-0.4, -0.2) is 16.1 Å². The fourth-order valence-corrected chi connectivity index (χ4v) is 3.93. The van der Waals surface area contributed by atoms with E-state index in [4.69, 9.17) is 5.73 Å². The molecule has 0 aliphatic heterocycles. The van der Waals surface area contributed by atoms with E-state index in [1.165, 1.54) is 28.9 Å². The van der Waals surface area contributed by atoms with E-state index in [2.05, 4.69) is 11.9 Å². The Morgan fingerprint density at radius 3 is 2.68 bits per heavy atom. The van der Waals surface area contributed by atoms with Crippen LogP contribution in [0.15, 0.2) is 0 Å². The zero-order chi connectivity index (χ0) is 13.6. The molecule has 2 aromatic rings. The highest BCUT2D eigenvalue weighted by molar-refractivity contribution is 7.21. The molecule has 2 aromatic heterocycles. The number of carbonyl (C=O) groups is 1. The summed E-state index contributed by atoms with van der Waals surface area (Å²) in [5.74, 6) is -0.955. The van der Waals surface area contributed by atoms with Gasteiger partial charge in [0.25, 0.3) is 0 Å². The smallest absolute Gasteiger partial charge is 0.348 e. The van der Waals surface area contributed by atoms with Crippen LogP contribution in [0.3, 0.4) is 0 Å². The standard InChI is InChI=1S/C14H16N2O2S/c1-2-9-7-5-3-4-6-8(7)10-11(15)12(14(17)18)19-13(10)16-9/h2-6,15H2,1H3,(H,17,18). The van der Waals surface area contributed by atoms with Crippen molar-refractivity contribution in [1.82, 2.24) is 4.98 Å². The second-order valence-corrected chi connectivity index (χ2v) is 5.91. The molecule has 100 valence electrons. The van der Waals surface area contributed by atoms with Crippen LogP contribution in [0.25, 0.3) is 10.2 Å². The molecule has 19 heavy (non-hydrogen) atoms. The molecular weight excluding hydrogens is 260 g/mol. The summed E-state index contributed by atoms with van der Waals surface area (Å²) in [4.78, 5) is 16.9. The van der Waals surface area contributed by atoms with E-state index >= 15 is 0 Å². The number of rotatable bonds is 2. The van der Waals surface area contributed by atoms with Gasteiger partial charge in [-0.15, -0.1) is 11.3 Å². The topological polar surface area (TPSA) is 76.2 Å². The lowest BCUT2D eigenvalue weighted by molar-refractivity contribution is 0.0703. The Kier molecular flexibility index (Phi) is 2.93. The van der Waals surface area contributed by atoms with E-state index in [9.17, 15) is 9.90 Å². The van der Waals surface area contributed by atoms with Gasteiger partial charge in [-0.1, -0.05) is 6.92 Å². The van der Waals surface area contributed by atoms with Crippen LogP contribution in [0.2, 0.25) is 0 Å². The molecule has 0 atom stereocenters. The number of aryl methyl sites for hydroxylation is 2. The van der Waals surface area contributed by atoms with Crippen LogP contribution >= 0.6 is 11.3 Å². The Morgan fingerprint density at radius 2 is 2.05 bits per heavy atom. The average Bonchev–Trinajstić information content (AvgIpc) is 2.75. The zero-order valence-corrected chi connectivity index (χ0v) is 11.6. The van der Waals surface area contributed by atoms with Crippen molar-refractivity contribution in [3.8, 4) is 0 Å². The summed E-state index contributed by atoms with van der Waals surface area (Å²) in [6, 6.07) is 0. The molecule has 0 spiro atoms. The molecule has 1 aliphatic carbocycles. The summed E-state index contributed by atoms with van der Waals surface area (Å²) in [5.41, 5.74) is 10.1. The molecule has 1 aliphatic rings. The van der Waals surface area contributed by atoms with E-state index in [0.29, 0.717) is 5.69 Å². The van der Waals surface area contributed by atoms with Crippen LogP contribution in [0.4, 0.5) is 5.69 Å². The van der Waals surface area contributed by atoms with Gasteiger partial charge in [-0.25, -0.2) is 9.78 Å². The molecule has 0 saturated heterocycles. The molecule has 5 heteroatoms. The Hall–Kier alpha value is -1.62. The number of carboxylic acids is 1. The molecule has 0 fully saturated rings. The summed E-state index contributed by atoms with van der Waals surface area (Å²) >= 11 is 1.20. The number of nitrogens with zero attached hydrogens (tertiary/aromatic N) is 1. The zero-order valence-electron chi connectivity index (χ0n) is 10.8. The van der Waals surface area contributed by atoms with Crippen molar-refractivity contribution >= 4 is 33.2 Å². The van der Waals surface area contributed by atoms with Crippen molar-refractivity contribution in [2.24, 2.45) is 0 Å². The van der Waals surface area contributed by atoms with Gasteiger partial charge < -0.3 is 10.8 Å². The lowest BCUT2D eigenvalue weighted by Gasteiger charge is -2.19. The molecule has 3 N–H and O–H groups in total. The van der Waals surface area contributed by atoms with Gasteiger partial charge in [0, 0.05) is 11.1 Å². The van der Waals surface area contributed by atoms with Gasteiger partial charge in [-0.3, -0.25) is 0 Å². The molecule has 0 bridgehead atoms. The summed E-state index contributed by atoms with van der Waals surface area (Å²) in [7, 11) is 0. The molecular formula is C14H16N2O2S. The van der Waals surface area contributed by atoms with Gasteiger partial charge in [0.2, 0.25) is 0 Å². The normalized spacial score (nSPS) is 14.6. The minimum absolute atomic E-state index is 0.225. The van der Waals surface area contributed by atoms with Crippen LogP contribution in [-0.2, 0) is 19.3 Å². The maximum atomic E-state index is 11.2. The lowest BCUT2D eigenvalue weighted by atomic mass is 9.88. The van der Waals surface area contributed by atoms with Gasteiger partial charge in [-0.05, 0) is 43.2 Å². The summed E-state index contributed by atoms with van der Waals surface area (Å²) in [5, 5.41) is 10.1. The van der Waals surface area contributed by atoms with E-state index in [-0.39, 0.29) is 4.88 Å². The Bertz CT molecular complexity index is 676. The Balaban J connectivity index is 2.38. The fourth-order valence-electron chi connectivity index (χ4n) is 2.94. The maximum absolute atomic E-state index is 11.2. The quantitative estimate of drug-likeness (QED) is 0.884. The van der Waals surface area contributed by atoms with Crippen molar-refractivity contribution in [2.45, 2.75) is 39.0 Å². The molecule has 0 radical (unpaired) electrons. The number of carboxylic acid groups (broad SMARTS) is 1. The minimum atomic E-state index is -0.955. The monoisotopic (exact) mass is 276 g/mol. The van der Waals surface area contributed by atoms with Gasteiger partial charge >= 0.3 is 5.97 Å². The van der Waals surface area contributed by atoms with E-state index < -0.39 is 5.97 Å². The third-order valence-electron chi connectivity index (χ3n) is 3.81. The number of hydrogen-bond donors (Lipinski definition) is 2. The molecule has 4 nitrogen and oxygen atoms in total. The van der Waals surface area contributed by atoms with Crippen molar-refractivity contribution in [1.29, 1.82) is 0 Å². The molecule has 0 aromatic carbocycles. The predicted molar refractivity (Wildman–Crippen MR) is 77.0 cm³/mol. The first-order valence-electron chi connectivity index (χ1n) is 6.59. The minimum Gasteiger partial charge on any atom is -0.477 e.